The van der Waals surface area contributed by atoms with Crippen molar-refractivity contribution in [2.24, 2.45) is 5.73 Å². The van der Waals surface area contributed by atoms with Gasteiger partial charge < -0.3 is 10.8 Å². The average molecular weight is 435 g/mol. The molecule has 0 aliphatic rings. The molecule has 3 N–H and O–H groups in total. The second-order valence-corrected chi connectivity index (χ2v) is 7.58. The molecule has 5 nitrogen and oxygen atoms in total. The summed E-state index contributed by atoms with van der Waals surface area (Å²) in [5.41, 5.74) is 6.53. The quantitative estimate of drug-likeness (QED) is 0.570. The molecule has 8 heteroatoms. The number of nitrogens with two attached hydrogens (primary N) is 1. The van der Waals surface area contributed by atoms with Gasteiger partial charge in [-0.25, -0.2) is 8.78 Å². The molecule has 1 amide bonds. The summed E-state index contributed by atoms with van der Waals surface area (Å²) in [7, 11) is 0. The van der Waals surface area contributed by atoms with E-state index in [4.69, 9.17) is 17.3 Å². The highest BCUT2D eigenvalue weighted by Gasteiger charge is 2.28. The SMILES string of the molecule is CC[C@@H](CCC(N)=O)c1c(C)n(C(=O)c2ccc(Cl)c(F)c2)c2ccc(O)c(F)c12. The maximum Gasteiger partial charge on any atom is 0.262 e. The number of amides is 1. The van der Waals surface area contributed by atoms with Crippen molar-refractivity contribution in [1.29, 1.82) is 0 Å². The molecule has 0 aliphatic heterocycles. The predicted octanol–water partition coefficient (Wildman–Crippen LogP) is 5.03. The Labute approximate surface area is 177 Å². The molecule has 158 valence electrons. The van der Waals surface area contributed by atoms with Crippen LogP contribution in [0.15, 0.2) is 30.3 Å². The van der Waals surface area contributed by atoms with Gasteiger partial charge in [-0.1, -0.05) is 18.5 Å². The second kappa shape index (κ2) is 8.44. The van der Waals surface area contributed by atoms with Crippen LogP contribution in [0.1, 0.15) is 53.7 Å². The maximum absolute atomic E-state index is 15.0. The third-order valence-corrected chi connectivity index (χ3v) is 5.65. The van der Waals surface area contributed by atoms with E-state index < -0.39 is 29.2 Å². The third kappa shape index (κ3) is 3.77. The summed E-state index contributed by atoms with van der Waals surface area (Å²) in [6.07, 6.45) is 1.03. The molecule has 2 aromatic carbocycles. The predicted molar refractivity (Wildman–Crippen MR) is 111 cm³/mol. The summed E-state index contributed by atoms with van der Waals surface area (Å²) in [6.45, 7) is 3.54. The summed E-state index contributed by atoms with van der Waals surface area (Å²) in [6, 6.07) is 6.30. The zero-order valence-corrected chi connectivity index (χ0v) is 17.3. The smallest absolute Gasteiger partial charge is 0.262 e. The van der Waals surface area contributed by atoms with Gasteiger partial charge in [0.25, 0.3) is 5.91 Å². The van der Waals surface area contributed by atoms with Crippen molar-refractivity contribution < 1.29 is 23.5 Å². The lowest BCUT2D eigenvalue weighted by molar-refractivity contribution is -0.118. The number of nitrogens with zero attached hydrogens (tertiary/aromatic N) is 1. The van der Waals surface area contributed by atoms with Crippen LogP contribution in [0.4, 0.5) is 8.78 Å². The van der Waals surface area contributed by atoms with E-state index in [1.165, 1.54) is 22.8 Å². The van der Waals surface area contributed by atoms with Crippen molar-refractivity contribution in [3.05, 3.63) is 63.8 Å². The molecular weight excluding hydrogens is 414 g/mol. The number of phenols is 1. The molecule has 3 aromatic rings. The number of aromatic hydroxyl groups is 1. The highest BCUT2D eigenvalue weighted by Crippen LogP contribution is 2.40. The van der Waals surface area contributed by atoms with Gasteiger partial charge >= 0.3 is 0 Å². The van der Waals surface area contributed by atoms with Crippen molar-refractivity contribution in [1.82, 2.24) is 4.57 Å². The number of halogens is 3. The molecule has 0 unspecified atom stereocenters. The van der Waals surface area contributed by atoms with E-state index in [-0.39, 0.29) is 33.8 Å². The van der Waals surface area contributed by atoms with Crippen LogP contribution in [0, 0.1) is 18.6 Å². The normalized spacial score (nSPS) is 12.3. The molecule has 0 saturated heterocycles. The number of primary amides is 1. The monoisotopic (exact) mass is 434 g/mol. The van der Waals surface area contributed by atoms with Crippen LogP contribution in [-0.2, 0) is 4.79 Å². The lowest BCUT2D eigenvalue weighted by Gasteiger charge is -2.16. The Morgan fingerprint density at radius 2 is 1.93 bits per heavy atom. The fourth-order valence-corrected chi connectivity index (χ4v) is 3.99. The van der Waals surface area contributed by atoms with Gasteiger partial charge in [0.2, 0.25) is 5.91 Å². The highest BCUT2D eigenvalue weighted by molar-refractivity contribution is 6.30. The molecule has 1 aromatic heterocycles. The first-order valence-corrected chi connectivity index (χ1v) is 9.85. The molecule has 30 heavy (non-hydrogen) atoms. The molecule has 3 rings (SSSR count). The molecule has 0 fully saturated rings. The Bertz CT molecular complexity index is 1160. The maximum atomic E-state index is 15.0. The summed E-state index contributed by atoms with van der Waals surface area (Å²) in [4.78, 5) is 24.5. The lowest BCUT2D eigenvalue weighted by atomic mass is 9.89. The first kappa shape index (κ1) is 21.8. The van der Waals surface area contributed by atoms with Crippen molar-refractivity contribution in [2.45, 2.75) is 39.0 Å². The van der Waals surface area contributed by atoms with Gasteiger partial charge in [-0.05, 0) is 61.6 Å². The van der Waals surface area contributed by atoms with E-state index in [2.05, 4.69) is 0 Å². The largest absolute Gasteiger partial charge is 0.505 e. The summed E-state index contributed by atoms with van der Waals surface area (Å²) in [5.74, 6) is -3.45. The third-order valence-electron chi connectivity index (χ3n) is 5.34. The molecule has 0 aliphatic carbocycles. The molecule has 1 atom stereocenters. The van der Waals surface area contributed by atoms with E-state index in [0.29, 0.717) is 24.1 Å². The number of hydrogen-bond acceptors (Lipinski definition) is 3. The fourth-order valence-electron chi connectivity index (χ4n) is 3.87. The Hall–Kier alpha value is -2.93. The molecular formula is C22H21ClF2N2O3. The van der Waals surface area contributed by atoms with Gasteiger partial charge in [-0.3, -0.25) is 14.2 Å². The van der Waals surface area contributed by atoms with E-state index in [9.17, 15) is 23.5 Å². The number of aromatic nitrogens is 1. The van der Waals surface area contributed by atoms with Crippen LogP contribution in [0.3, 0.4) is 0 Å². The first-order chi connectivity index (χ1) is 14.2. The summed E-state index contributed by atoms with van der Waals surface area (Å²) >= 11 is 5.71. The van der Waals surface area contributed by atoms with Crippen molar-refractivity contribution in [2.75, 3.05) is 0 Å². The van der Waals surface area contributed by atoms with Crippen LogP contribution >= 0.6 is 11.6 Å². The second-order valence-electron chi connectivity index (χ2n) is 7.17. The Kier molecular flexibility index (Phi) is 6.12. The van der Waals surface area contributed by atoms with Crippen LogP contribution in [0.25, 0.3) is 10.9 Å². The number of benzene rings is 2. The van der Waals surface area contributed by atoms with Crippen LogP contribution in [0.5, 0.6) is 5.75 Å². The molecule has 1 heterocycles. The minimum atomic E-state index is -0.850. The van der Waals surface area contributed by atoms with Crippen molar-refractivity contribution in [3.8, 4) is 5.75 Å². The zero-order valence-electron chi connectivity index (χ0n) is 16.5. The van der Waals surface area contributed by atoms with Gasteiger partial charge in [0.05, 0.1) is 10.5 Å². The van der Waals surface area contributed by atoms with Crippen molar-refractivity contribution in [3.63, 3.8) is 0 Å². The van der Waals surface area contributed by atoms with Crippen molar-refractivity contribution >= 4 is 34.3 Å². The number of fused-ring (bicyclic) bond motifs is 1. The summed E-state index contributed by atoms with van der Waals surface area (Å²) in [5, 5.41) is 9.92. The lowest BCUT2D eigenvalue weighted by Crippen LogP contribution is -2.15. The van der Waals surface area contributed by atoms with E-state index in [1.807, 2.05) is 6.92 Å². The minimum absolute atomic E-state index is 0.0436. The molecule has 0 spiro atoms. The van der Waals surface area contributed by atoms with Gasteiger partial charge in [-0.15, -0.1) is 0 Å². The molecule has 0 saturated carbocycles. The van der Waals surface area contributed by atoms with Gasteiger partial charge in [0.15, 0.2) is 11.6 Å². The fraction of sp³-hybridized carbons (Fsp3) is 0.273. The number of phenolic OH excluding ortho intramolecular Hbond substituents is 1. The van der Waals surface area contributed by atoms with Crippen LogP contribution in [0.2, 0.25) is 5.02 Å². The Balaban J connectivity index is 2.26. The number of carbonyl (C=O) groups is 2. The Morgan fingerprint density at radius 3 is 2.53 bits per heavy atom. The average Bonchev–Trinajstić information content (AvgIpc) is 2.99. The van der Waals surface area contributed by atoms with E-state index >= 15 is 0 Å². The first-order valence-electron chi connectivity index (χ1n) is 9.47. The van der Waals surface area contributed by atoms with Gasteiger partial charge in [-0.2, -0.15) is 0 Å². The van der Waals surface area contributed by atoms with E-state index in [0.717, 1.165) is 12.1 Å². The van der Waals surface area contributed by atoms with Gasteiger partial charge in [0, 0.05) is 23.1 Å². The molecule has 0 bridgehead atoms. The highest BCUT2D eigenvalue weighted by atomic mass is 35.5. The standard InChI is InChI=1S/C22H21ClF2N2O3/c1-3-12(5-9-18(26)29)19-11(2)27(16-7-8-17(28)21(25)20(16)19)22(30)13-4-6-14(23)15(24)10-13/h4,6-8,10,12,28H,3,5,9H2,1-2H3,(H2,26,29)/t12-/m0/s1. The topological polar surface area (TPSA) is 85.3 Å². The van der Waals surface area contributed by atoms with Crippen LogP contribution in [-0.4, -0.2) is 21.5 Å². The Morgan fingerprint density at radius 1 is 1.23 bits per heavy atom. The minimum Gasteiger partial charge on any atom is -0.505 e. The number of rotatable bonds is 6. The number of carbonyl (C=O) groups excluding carboxylic acids is 2. The van der Waals surface area contributed by atoms with Crippen LogP contribution < -0.4 is 5.73 Å². The summed E-state index contributed by atoms with van der Waals surface area (Å²) < 4.78 is 30.2. The zero-order chi connectivity index (χ0) is 22.2. The van der Waals surface area contributed by atoms with Gasteiger partial charge in [0.1, 0.15) is 5.82 Å². The number of hydrogen-bond donors (Lipinski definition) is 2. The van der Waals surface area contributed by atoms with E-state index in [1.54, 1.807) is 6.92 Å². The molecule has 0 radical (unpaired) electrons.